The number of hydrogen-bond donors (Lipinski definition) is 2. The molecule has 1 heterocycles. The molecule has 2 aliphatic rings. The standard InChI is InChI=1S/C32H30N2O5/c33-31(36)22-4-3-5-25(17-22)37-19-21-8-11-29(35)23(16-21)20-38-32(13-14-32)28-18-34-15-12-26(28)27-6-1-2-7-30(27)39-24-9-10-24/h1-8,11-12,15-18,24,35H,9-10,13-14,19-20H2,(H2,33,36). The summed E-state index contributed by atoms with van der Waals surface area (Å²) in [5, 5.41) is 10.6. The van der Waals surface area contributed by atoms with E-state index in [1.165, 1.54) is 0 Å². The molecule has 2 saturated carbocycles. The number of aromatic nitrogens is 1. The third-order valence-electron chi connectivity index (χ3n) is 7.18. The lowest BCUT2D eigenvalue weighted by Crippen LogP contribution is -2.14. The van der Waals surface area contributed by atoms with Crippen LogP contribution in [0, 0.1) is 0 Å². The highest BCUT2D eigenvalue weighted by molar-refractivity contribution is 5.93. The Morgan fingerprint density at radius 3 is 2.62 bits per heavy atom. The number of benzene rings is 3. The lowest BCUT2D eigenvalue weighted by Gasteiger charge is -2.22. The molecule has 2 fully saturated rings. The van der Waals surface area contributed by atoms with Gasteiger partial charge < -0.3 is 25.1 Å². The molecule has 0 spiro atoms. The molecule has 0 saturated heterocycles. The van der Waals surface area contributed by atoms with Crippen molar-refractivity contribution in [2.75, 3.05) is 0 Å². The highest BCUT2D eigenvalue weighted by atomic mass is 16.5. The smallest absolute Gasteiger partial charge is 0.248 e. The van der Waals surface area contributed by atoms with Crippen molar-refractivity contribution in [3.05, 3.63) is 107 Å². The van der Waals surface area contributed by atoms with E-state index in [-0.39, 0.29) is 19.0 Å². The molecule has 39 heavy (non-hydrogen) atoms. The van der Waals surface area contributed by atoms with Crippen LogP contribution >= 0.6 is 0 Å². The summed E-state index contributed by atoms with van der Waals surface area (Å²) >= 11 is 0. The Morgan fingerprint density at radius 1 is 0.974 bits per heavy atom. The molecule has 0 aliphatic heterocycles. The summed E-state index contributed by atoms with van der Waals surface area (Å²) in [6.45, 7) is 0.510. The maximum absolute atomic E-state index is 11.4. The number of carbonyl (C=O) groups excluding carboxylic acids is 1. The summed E-state index contributed by atoms with van der Waals surface area (Å²) < 4.78 is 18.6. The fraction of sp³-hybridized carbons (Fsp3) is 0.250. The second-order valence-corrected chi connectivity index (χ2v) is 10.2. The van der Waals surface area contributed by atoms with Crippen LogP contribution in [0.25, 0.3) is 11.1 Å². The number of primary amides is 1. The SMILES string of the molecule is NC(=O)c1cccc(OCc2ccc(O)c(COC3(c4cnccc4-c4ccccc4OC4CC4)CC3)c2)c1. The predicted molar refractivity (Wildman–Crippen MR) is 146 cm³/mol. The molecule has 4 aromatic rings. The van der Waals surface area contributed by atoms with E-state index in [0.29, 0.717) is 23.0 Å². The topological polar surface area (TPSA) is 104 Å². The molecule has 0 unspecified atom stereocenters. The number of carbonyl (C=O) groups is 1. The number of phenols is 1. The summed E-state index contributed by atoms with van der Waals surface area (Å²) in [7, 11) is 0. The van der Waals surface area contributed by atoms with Gasteiger partial charge in [-0.1, -0.05) is 30.3 Å². The van der Waals surface area contributed by atoms with E-state index in [0.717, 1.165) is 53.7 Å². The molecule has 1 aromatic heterocycles. The number of nitrogens with two attached hydrogens (primary N) is 1. The van der Waals surface area contributed by atoms with Gasteiger partial charge in [-0.3, -0.25) is 9.78 Å². The highest BCUT2D eigenvalue weighted by Gasteiger charge is 2.47. The molecule has 3 N–H and O–H groups in total. The Labute approximate surface area is 227 Å². The summed E-state index contributed by atoms with van der Waals surface area (Å²) in [6.07, 6.45) is 7.93. The Morgan fingerprint density at radius 2 is 1.82 bits per heavy atom. The van der Waals surface area contributed by atoms with Gasteiger partial charge in [0.1, 0.15) is 23.9 Å². The van der Waals surface area contributed by atoms with Crippen LogP contribution in [0.1, 0.15) is 52.7 Å². The van der Waals surface area contributed by atoms with E-state index in [1.54, 1.807) is 42.6 Å². The minimum absolute atomic E-state index is 0.167. The number of rotatable bonds is 11. The van der Waals surface area contributed by atoms with Crippen LogP contribution in [0.5, 0.6) is 17.2 Å². The quantitative estimate of drug-likeness (QED) is 0.255. The van der Waals surface area contributed by atoms with Crippen molar-refractivity contribution < 1.29 is 24.1 Å². The van der Waals surface area contributed by atoms with Gasteiger partial charge in [0.25, 0.3) is 0 Å². The summed E-state index contributed by atoms with van der Waals surface area (Å²) in [6, 6.07) is 22.2. The number of phenolic OH excluding ortho intramolecular Hbond substituents is 1. The molecular formula is C32H30N2O5. The van der Waals surface area contributed by atoms with Crippen LogP contribution in [-0.2, 0) is 23.6 Å². The van der Waals surface area contributed by atoms with E-state index in [2.05, 4.69) is 11.1 Å². The number of nitrogens with zero attached hydrogens (tertiary/aromatic N) is 1. The average molecular weight is 523 g/mol. The second-order valence-electron chi connectivity index (χ2n) is 10.2. The minimum atomic E-state index is -0.505. The molecular weight excluding hydrogens is 492 g/mol. The monoisotopic (exact) mass is 522 g/mol. The van der Waals surface area contributed by atoms with Crippen LogP contribution in [0.15, 0.2) is 85.2 Å². The molecule has 0 atom stereocenters. The van der Waals surface area contributed by atoms with Gasteiger partial charge in [0.05, 0.1) is 18.3 Å². The number of ether oxygens (including phenoxy) is 3. The molecule has 3 aromatic carbocycles. The van der Waals surface area contributed by atoms with E-state index < -0.39 is 11.5 Å². The van der Waals surface area contributed by atoms with E-state index in [1.807, 2.05) is 36.5 Å². The van der Waals surface area contributed by atoms with Gasteiger partial charge in [0.2, 0.25) is 5.91 Å². The average Bonchev–Trinajstić information content (AvgIpc) is 3.90. The zero-order chi connectivity index (χ0) is 26.8. The third kappa shape index (κ3) is 5.59. The maximum atomic E-state index is 11.4. The molecule has 7 heteroatoms. The third-order valence-corrected chi connectivity index (χ3v) is 7.18. The first-order valence-corrected chi connectivity index (χ1v) is 13.2. The van der Waals surface area contributed by atoms with Crippen molar-refractivity contribution in [1.82, 2.24) is 4.98 Å². The van der Waals surface area contributed by atoms with E-state index >= 15 is 0 Å². The minimum Gasteiger partial charge on any atom is -0.508 e. The predicted octanol–water partition coefficient (Wildman–Crippen LogP) is 5.88. The van der Waals surface area contributed by atoms with Crippen LogP contribution < -0.4 is 15.2 Å². The molecule has 0 bridgehead atoms. The Kier molecular flexibility index (Phi) is 6.67. The van der Waals surface area contributed by atoms with Crippen LogP contribution in [0.4, 0.5) is 0 Å². The van der Waals surface area contributed by atoms with Gasteiger partial charge in [0, 0.05) is 34.6 Å². The van der Waals surface area contributed by atoms with Crippen LogP contribution in [-0.4, -0.2) is 22.1 Å². The summed E-state index contributed by atoms with van der Waals surface area (Å²) in [5.74, 6) is 1.09. The van der Waals surface area contributed by atoms with Gasteiger partial charge in [-0.15, -0.1) is 0 Å². The van der Waals surface area contributed by atoms with E-state index in [9.17, 15) is 9.90 Å². The normalized spacial score (nSPS) is 15.5. The molecule has 0 radical (unpaired) electrons. The molecule has 6 rings (SSSR count). The zero-order valence-electron chi connectivity index (χ0n) is 21.5. The number of pyridine rings is 1. The lowest BCUT2D eigenvalue weighted by atomic mass is 9.96. The second kappa shape index (κ2) is 10.4. The fourth-order valence-corrected chi connectivity index (χ4v) is 4.72. The molecule has 7 nitrogen and oxygen atoms in total. The number of amides is 1. The first-order valence-electron chi connectivity index (χ1n) is 13.2. The Bertz CT molecular complexity index is 1510. The highest BCUT2D eigenvalue weighted by Crippen LogP contribution is 2.53. The first-order chi connectivity index (χ1) is 19.0. The number of hydrogen-bond acceptors (Lipinski definition) is 6. The maximum Gasteiger partial charge on any atom is 0.248 e. The summed E-state index contributed by atoms with van der Waals surface area (Å²) in [4.78, 5) is 15.9. The van der Waals surface area contributed by atoms with Crippen LogP contribution in [0.3, 0.4) is 0 Å². The van der Waals surface area contributed by atoms with Gasteiger partial charge in [-0.05, 0) is 79.3 Å². The van der Waals surface area contributed by atoms with E-state index in [4.69, 9.17) is 19.9 Å². The first kappa shape index (κ1) is 24.9. The number of aromatic hydroxyl groups is 1. The van der Waals surface area contributed by atoms with Crippen molar-refractivity contribution in [3.8, 4) is 28.4 Å². The summed E-state index contributed by atoms with van der Waals surface area (Å²) in [5.41, 5.74) is 9.96. The fourth-order valence-electron chi connectivity index (χ4n) is 4.72. The molecule has 2 aliphatic carbocycles. The number of para-hydroxylation sites is 1. The van der Waals surface area contributed by atoms with Gasteiger partial charge in [-0.25, -0.2) is 0 Å². The molecule has 198 valence electrons. The Balaban J connectivity index is 1.18. The van der Waals surface area contributed by atoms with Crippen molar-refractivity contribution in [3.63, 3.8) is 0 Å². The van der Waals surface area contributed by atoms with Crippen molar-refractivity contribution >= 4 is 5.91 Å². The van der Waals surface area contributed by atoms with Crippen molar-refractivity contribution in [2.24, 2.45) is 5.73 Å². The zero-order valence-corrected chi connectivity index (χ0v) is 21.5. The lowest BCUT2D eigenvalue weighted by molar-refractivity contribution is 0.0164. The van der Waals surface area contributed by atoms with Crippen molar-refractivity contribution in [2.45, 2.75) is 50.6 Å². The van der Waals surface area contributed by atoms with Gasteiger partial charge in [-0.2, -0.15) is 0 Å². The largest absolute Gasteiger partial charge is 0.508 e. The van der Waals surface area contributed by atoms with Gasteiger partial charge >= 0.3 is 0 Å². The van der Waals surface area contributed by atoms with Gasteiger partial charge in [0.15, 0.2) is 0 Å². The van der Waals surface area contributed by atoms with Crippen molar-refractivity contribution in [1.29, 1.82) is 0 Å². The molecule has 1 amide bonds. The van der Waals surface area contributed by atoms with Crippen LogP contribution in [0.2, 0.25) is 0 Å². The Hall–Kier alpha value is -4.36.